The number of fused-ring (bicyclic) bond motifs is 1. The molecule has 2 aromatic rings. The molecule has 1 N–H and O–H groups in total. The predicted octanol–water partition coefficient (Wildman–Crippen LogP) is 2.56. The highest BCUT2D eigenvalue weighted by Gasteiger charge is 2.15. The van der Waals surface area contributed by atoms with Crippen LogP contribution in [0.5, 0.6) is 5.75 Å². The van der Waals surface area contributed by atoms with Gasteiger partial charge in [0, 0.05) is 19.7 Å². The highest BCUT2D eigenvalue weighted by atomic mass is 16.5. The van der Waals surface area contributed by atoms with Gasteiger partial charge in [-0.2, -0.15) is 0 Å². The van der Waals surface area contributed by atoms with Gasteiger partial charge in [-0.1, -0.05) is 18.2 Å². The number of amides is 1. The number of carbonyl (C=O) groups excluding carboxylic acids is 2. The first-order chi connectivity index (χ1) is 12.5. The van der Waals surface area contributed by atoms with Crippen LogP contribution in [0.15, 0.2) is 42.5 Å². The lowest BCUT2D eigenvalue weighted by atomic mass is 10.1. The molecule has 0 aromatic heterocycles. The third-order valence-electron chi connectivity index (χ3n) is 3.75. The van der Waals surface area contributed by atoms with E-state index in [9.17, 15) is 9.59 Å². The van der Waals surface area contributed by atoms with Crippen LogP contribution in [0, 0.1) is 0 Å². The largest absolute Gasteiger partial charge is 0.497 e. The molecule has 0 heterocycles. The summed E-state index contributed by atoms with van der Waals surface area (Å²) < 4.78 is 15.1. The van der Waals surface area contributed by atoms with E-state index in [1.54, 1.807) is 20.3 Å². The molecule has 1 amide bonds. The van der Waals surface area contributed by atoms with Crippen LogP contribution in [-0.4, -0.2) is 45.4 Å². The third-order valence-corrected chi connectivity index (χ3v) is 3.75. The van der Waals surface area contributed by atoms with E-state index in [1.165, 1.54) is 13.0 Å². The predicted molar refractivity (Wildman–Crippen MR) is 100.0 cm³/mol. The highest BCUT2D eigenvalue weighted by molar-refractivity contribution is 5.92. The Hall–Kier alpha value is -2.86. The molecule has 0 fully saturated rings. The molecule has 0 unspecified atom stereocenters. The highest BCUT2D eigenvalue weighted by Crippen LogP contribution is 2.22. The smallest absolute Gasteiger partial charge is 0.331 e. The second-order valence-corrected chi connectivity index (χ2v) is 5.67. The van der Waals surface area contributed by atoms with Crippen molar-refractivity contribution in [2.24, 2.45) is 0 Å². The SMILES string of the molecule is COCCNC(=O)[C@@H](C)OC(=O)/C=C/c1ccc2cc(OC)ccc2c1. The Labute approximate surface area is 152 Å². The average molecular weight is 357 g/mol. The summed E-state index contributed by atoms with van der Waals surface area (Å²) in [7, 11) is 3.17. The molecule has 6 nitrogen and oxygen atoms in total. The van der Waals surface area contributed by atoms with Gasteiger partial charge in [0.2, 0.25) is 0 Å². The van der Waals surface area contributed by atoms with Gasteiger partial charge in [0.15, 0.2) is 6.10 Å². The van der Waals surface area contributed by atoms with E-state index in [4.69, 9.17) is 14.2 Å². The van der Waals surface area contributed by atoms with Crippen LogP contribution in [0.25, 0.3) is 16.8 Å². The van der Waals surface area contributed by atoms with Gasteiger partial charge in [-0.3, -0.25) is 4.79 Å². The normalized spacial score (nSPS) is 12.1. The number of nitrogens with one attached hydrogen (secondary N) is 1. The summed E-state index contributed by atoms with van der Waals surface area (Å²) in [6, 6.07) is 11.6. The van der Waals surface area contributed by atoms with Crippen LogP contribution < -0.4 is 10.1 Å². The maximum Gasteiger partial charge on any atom is 0.331 e. The topological polar surface area (TPSA) is 73.9 Å². The summed E-state index contributed by atoms with van der Waals surface area (Å²) >= 11 is 0. The maximum atomic E-state index is 11.9. The quantitative estimate of drug-likeness (QED) is 0.446. The maximum absolute atomic E-state index is 11.9. The van der Waals surface area contributed by atoms with Gasteiger partial charge in [0.25, 0.3) is 5.91 Å². The number of benzene rings is 2. The van der Waals surface area contributed by atoms with E-state index >= 15 is 0 Å². The number of ether oxygens (including phenoxy) is 3. The number of hydrogen-bond acceptors (Lipinski definition) is 5. The van der Waals surface area contributed by atoms with E-state index in [2.05, 4.69) is 5.32 Å². The zero-order valence-electron chi connectivity index (χ0n) is 15.2. The summed E-state index contributed by atoms with van der Waals surface area (Å²) in [6.07, 6.45) is 2.10. The monoisotopic (exact) mass is 357 g/mol. The fraction of sp³-hybridized carbons (Fsp3) is 0.300. The van der Waals surface area contributed by atoms with E-state index in [0.717, 1.165) is 22.1 Å². The van der Waals surface area contributed by atoms with Crippen molar-refractivity contribution in [3.8, 4) is 5.75 Å². The summed E-state index contributed by atoms with van der Waals surface area (Å²) in [4.78, 5) is 23.6. The van der Waals surface area contributed by atoms with Crippen molar-refractivity contribution in [1.82, 2.24) is 5.32 Å². The van der Waals surface area contributed by atoms with Gasteiger partial charge in [-0.25, -0.2) is 4.79 Å². The zero-order valence-corrected chi connectivity index (χ0v) is 15.2. The van der Waals surface area contributed by atoms with Crippen molar-refractivity contribution < 1.29 is 23.8 Å². The van der Waals surface area contributed by atoms with Crippen molar-refractivity contribution in [3.63, 3.8) is 0 Å². The Balaban J connectivity index is 1.94. The number of rotatable bonds is 8. The Bertz CT molecular complexity index is 800. The van der Waals surface area contributed by atoms with Gasteiger partial charge in [-0.05, 0) is 47.5 Å². The van der Waals surface area contributed by atoms with E-state index in [-0.39, 0.29) is 5.91 Å². The summed E-state index contributed by atoms with van der Waals surface area (Å²) in [5.41, 5.74) is 0.858. The molecule has 0 aliphatic carbocycles. The molecule has 0 bridgehead atoms. The van der Waals surface area contributed by atoms with E-state index in [1.807, 2.05) is 36.4 Å². The van der Waals surface area contributed by atoms with Crippen LogP contribution in [0.3, 0.4) is 0 Å². The Morgan fingerprint density at radius 3 is 2.58 bits per heavy atom. The molecule has 6 heteroatoms. The van der Waals surface area contributed by atoms with Gasteiger partial charge < -0.3 is 19.5 Å². The van der Waals surface area contributed by atoms with E-state index < -0.39 is 12.1 Å². The van der Waals surface area contributed by atoms with Crippen molar-refractivity contribution in [3.05, 3.63) is 48.0 Å². The third kappa shape index (κ3) is 5.60. The molecule has 0 aliphatic rings. The lowest BCUT2D eigenvalue weighted by Crippen LogP contribution is -2.37. The summed E-state index contributed by atoms with van der Waals surface area (Å²) in [5, 5.41) is 4.70. The van der Waals surface area contributed by atoms with Gasteiger partial charge in [-0.15, -0.1) is 0 Å². The zero-order chi connectivity index (χ0) is 18.9. The molecular formula is C20H23NO5. The van der Waals surface area contributed by atoms with Gasteiger partial charge >= 0.3 is 5.97 Å². The summed E-state index contributed by atoms with van der Waals surface area (Å²) in [5.74, 6) is -0.139. The Morgan fingerprint density at radius 1 is 1.12 bits per heavy atom. The molecular weight excluding hydrogens is 334 g/mol. The molecule has 2 rings (SSSR count). The number of esters is 1. The molecule has 0 saturated carbocycles. The lowest BCUT2D eigenvalue weighted by molar-refractivity contribution is -0.150. The fourth-order valence-corrected chi connectivity index (χ4v) is 2.32. The van der Waals surface area contributed by atoms with Crippen LogP contribution in [0.4, 0.5) is 0 Å². The van der Waals surface area contributed by atoms with Crippen LogP contribution in [0.2, 0.25) is 0 Å². The number of methoxy groups -OCH3 is 2. The van der Waals surface area contributed by atoms with Gasteiger partial charge in [0.1, 0.15) is 5.75 Å². The minimum absolute atomic E-state index is 0.358. The fourth-order valence-electron chi connectivity index (χ4n) is 2.32. The molecule has 0 saturated heterocycles. The van der Waals surface area contributed by atoms with Crippen LogP contribution in [-0.2, 0) is 19.1 Å². The van der Waals surface area contributed by atoms with Crippen molar-refractivity contribution >= 4 is 28.7 Å². The first kappa shape index (κ1) is 19.5. The second kappa shape index (κ2) is 9.58. The molecule has 0 spiro atoms. The van der Waals surface area contributed by atoms with Gasteiger partial charge in [0.05, 0.1) is 13.7 Å². The van der Waals surface area contributed by atoms with Crippen LogP contribution in [0.1, 0.15) is 12.5 Å². The molecule has 2 aromatic carbocycles. The van der Waals surface area contributed by atoms with Crippen molar-refractivity contribution in [2.75, 3.05) is 27.4 Å². The standard InChI is InChI=1S/C20H23NO5/c1-14(20(23)21-10-11-24-2)26-19(22)9-5-15-4-6-17-13-18(25-3)8-7-16(17)12-15/h4-9,12-14H,10-11H2,1-3H3,(H,21,23)/b9-5+/t14-/m1/s1. The Kier molecular flexibility index (Phi) is 7.17. The molecule has 1 atom stereocenters. The van der Waals surface area contributed by atoms with Crippen LogP contribution >= 0.6 is 0 Å². The number of hydrogen-bond donors (Lipinski definition) is 1. The summed E-state index contributed by atoms with van der Waals surface area (Å²) in [6.45, 7) is 2.30. The molecule has 26 heavy (non-hydrogen) atoms. The van der Waals surface area contributed by atoms with Crippen molar-refractivity contribution in [1.29, 1.82) is 0 Å². The first-order valence-corrected chi connectivity index (χ1v) is 8.26. The minimum atomic E-state index is -0.868. The average Bonchev–Trinajstić information content (AvgIpc) is 2.65. The molecule has 0 radical (unpaired) electrons. The van der Waals surface area contributed by atoms with Crippen molar-refractivity contribution in [2.45, 2.75) is 13.0 Å². The first-order valence-electron chi connectivity index (χ1n) is 8.26. The number of carbonyl (C=O) groups is 2. The second-order valence-electron chi connectivity index (χ2n) is 5.67. The Morgan fingerprint density at radius 2 is 1.85 bits per heavy atom. The lowest BCUT2D eigenvalue weighted by Gasteiger charge is -2.11. The van der Waals surface area contributed by atoms with E-state index in [0.29, 0.717) is 13.2 Å². The molecule has 0 aliphatic heterocycles. The minimum Gasteiger partial charge on any atom is -0.497 e. The molecule has 138 valence electrons.